The van der Waals surface area contributed by atoms with E-state index >= 15 is 0 Å². The molecule has 0 unspecified atom stereocenters. The summed E-state index contributed by atoms with van der Waals surface area (Å²) in [5.41, 5.74) is 0. The second kappa shape index (κ2) is 2.95. The standard InChI is InChI=1S/C2H7NO2S.H3N/c1-2-6(3,4)5;/h2H2,1H3,(H2,3,4,5);1H3. The lowest BCUT2D eigenvalue weighted by atomic mass is 11.0. The van der Waals surface area contributed by atoms with E-state index < -0.39 is 10.0 Å². The summed E-state index contributed by atoms with van der Waals surface area (Å²) in [6.07, 6.45) is 0. The molecule has 5 N–H and O–H groups in total. The third-order valence-corrected chi connectivity index (χ3v) is 1.21. The number of rotatable bonds is 1. The fraction of sp³-hybridized carbons (Fsp3) is 1.00. The Kier molecular flexibility index (Phi) is 4.21. The van der Waals surface area contributed by atoms with Crippen LogP contribution in [0.2, 0.25) is 0 Å². The normalized spacial score (nSPS) is 10.0. The highest BCUT2D eigenvalue weighted by atomic mass is 32.2. The van der Waals surface area contributed by atoms with Crippen LogP contribution in [0.5, 0.6) is 0 Å². The minimum atomic E-state index is -3.16. The van der Waals surface area contributed by atoms with Crippen molar-refractivity contribution in [2.45, 2.75) is 6.92 Å². The van der Waals surface area contributed by atoms with Gasteiger partial charge in [0.1, 0.15) is 0 Å². The lowest BCUT2D eigenvalue weighted by Crippen LogP contribution is -2.13. The lowest BCUT2D eigenvalue weighted by molar-refractivity contribution is 0.599. The van der Waals surface area contributed by atoms with Crippen molar-refractivity contribution in [3.8, 4) is 0 Å². The molecular weight excluding hydrogens is 116 g/mol. The second-order valence-electron chi connectivity index (χ2n) is 0.952. The first kappa shape index (κ1) is 9.98. The van der Waals surface area contributed by atoms with Crippen molar-refractivity contribution in [1.29, 1.82) is 0 Å². The van der Waals surface area contributed by atoms with Crippen LogP contribution in [0.25, 0.3) is 0 Å². The summed E-state index contributed by atoms with van der Waals surface area (Å²) < 4.78 is 19.6. The molecule has 0 aliphatic rings. The highest BCUT2D eigenvalue weighted by molar-refractivity contribution is 7.89. The topological polar surface area (TPSA) is 95.2 Å². The molecule has 0 radical (unpaired) electrons. The van der Waals surface area contributed by atoms with Crippen LogP contribution in [-0.4, -0.2) is 14.2 Å². The molecule has 7 heavy (non-hydrogen) atoms. The summed E-state index contributed by atoms with van der Waals surface area (Å²) in [6.45, 7) is 1.50. The molecule has 0 aromatic rings. The SMILES string of the molecule is CCS(N)(=O)=O.N. The van der Waals surface area contributed by atoms with Crippen LogP contribution in [-0.2, 0) is 10.0 Å². The summed E-state index contributed by atoms with van der Waals surface area (Å²) in [5.74, 6) is 0.0208. The van der Waals surface area contributed by atoms with E-state index in [1.807, 2.05) is 0 Å². The van der Waals surface area contributed by atoms with Gasteiger partial charge in [-0.1, -0.05) is 0 Å². The van der Waals surface area contributed by atoms with Gasteiger partial charge in [0.25, 0.3) is 0 Å². The van der Waals surface area contributed by atoms with Crippen molar-refractivity contribution in [1.82, 2.24) is 6.15 Å². The van der Waals surface area contributed by atoms with Crippen molar-refractivity contribution in [3.63, 3.8) is 0 Å². The molecule has 0 saturated heterocycles. The molecule has 46 valence electrons. The zero-order valence-electron chi connectivity index (χ0n) is 4.22. The average Bonchev–Trinajstić information content (AvgIpc) is 1.35. The summed E-state index contributed by atoms with van der Waals surface area (Å²) >= 11 is 0. The summed E-state index contributed by atoms with van der Waals surface area (Å²) in [7, 11) is -3.16. The maximum atomic E-state index is 9.78. The van der Waals surface area contributed by atoms with Crippen molar-refractivity contribution < 1.29 is 8.42 Å². The highest BCUT2D eigenvalue weighted by Crippen LogP contribution is 1.68. The Morgan fingerprint density at radius 1 is 1.57 bits per heavy atom. The van der Waals surface area contributed by atoms with Crippen LogP contribution in [0.4, 0.5) is 0 Å². The lowest BCUT2D eigenvalue weighted by Gasteiger charge is -1.81. The molecule has 0 bridgehead atoms. The summed E-state index contributed by atoms with van der Waals surface area (Å²) in [6, 6.07) is 0. The zero-order chi connectivity index (χ0) is 5.21. The molecular formula is C2H10N2O2S. The third kappa shape index (κ3) is 10.7. The van der Waals surface area contributed by atoms with E-state index in [2.05, 4.69) is 5.14 Å². The molecule has 4 nitrogen and oxygen atoms in total. The first-order chi connectivity index (χ1) is 2.56. The van der Waals surface area contributed by atoms with Gasteiger partial charge in [-0.15, -0.1) is 0 Å². The Labute approximate surface area is 43.3 Å². The van der Waals surface area contributed by atoms with Gasteiger partial charge in [0.2, 0.25) is 10.0 Å². The predicted octanol–water partition coefficient (Wildman–Crippen LogP) is -0.543. The molecule has 0 fully saturated rings. The van der Waals surface area contributed by atoms with Crippen molar-refractivity contribution >= 4 is 10.0 Å². The molecule has 0 aliphatic carbocycles. The van der Waals surface area contributed by atoms with Gasteiger partial charge < -0.3 is 6.15 Å². The van der Waals surface area contributed by atoms with Gasteiger partial charge in [-0.3, -0.25) is 0 Å². The highest BCUT2D eigenvalue weighted by Gasteiger charge is 1.90. The fourth-order valence-electron chi connectivity index (χ4n) is 0. The molecule has 0 aromatic carbocycles. The van der Waals surface area contributed by atoms with Gasteiger partial charge in [0, 0.05) is 0 Å². The first-order valence-corrected chi connectivity index (χ1v) is 3.28. The minimum Gasteiger partial charge on any atom is -0.344 e. The quantitative estimate of drug-likeness (QED) is 0.493. The molecule has 5 heteroatoms. The summed E-state index contributed by atoms with van der Waals surface area (Å²) in [4.78, 5) is 0. The number of hydrogen-bond acceptors (Lipinski definition) is 3. The van der Waals surface area contributed by atoms with Crippen LogP contribution in [0.3, 0.4) is 0 Å². The Morgan fingerprint density at radius 2 is 1.71 bits per heavy atom. The van der Waals surface area contributed by atoms with E-state index in [-0.39, 0.29) is 11.9 Å². The number of sulfonamides is 1. The minimum absolute atomic E-state index is 0. The van der Waals surface area contributed by atoms with Crippen LogP contribution >= 0.6 is 0 Å². The molecule has 0 amide bonds. The molecule has 0 spiro atoms. The Balaban J connectivity index is 0. The number of nitrogens with two attached hydrogens (primary N) is 1. The molecule has 0 heterocycles. The van der Waals surface area contributed by atoms with Crippen LogP contribution in [0, 0.1) is 0 Å². The Morgan fingerprint density at radius 3 is 1.71 bits per heavy atom. The van der Waals surface area contributed by atoms with E-state index in [0.29, 0.717) is 0 Å². The molecule has 0 rings (SSSR count). The van der Waals surface area contributed by atoms with Gasteiger partial charge in [-0.05, 0) is 6.92 Å². The Bertz CT molecular complexity index is 116. The maximum Gasteiger partial charge on any atom is 0.208 e. The van der Waals surface area contributed by atoms with Gasteiger partial charge in [-0.2, -0.15) is 0 Å². The van der Waals surface area contributed by atoms with Crippen LogP contribution in [0.1, 0.15) is 6.92 Å². The van der Waals surface area contributed by atoms with Crippen LogP contribution < -0.4 is 11.3 Å². The first-order valence-electron chi connectivity index (χ1n) is 1.56. The summed E-state index contributed by atoms with van der Waals surface area (Å²) in [5, 5.41) is 4.51. The van der Waals surface area contributed by atoms with Crippen molar-refractivity contribution in [2.24, 2.45) is 5.14 Å². The largest absolute Gasteiger partial charge is 0.344 e. The van der Waals surface area contributed by atoms with E-state index in [9.17, 15) is 8.42 Å². The van der Waals surface area contributed by atoms with E-state index in [4.69, 9.17) is 0 Å². The van der Waals surface area contributed by atoms with Gasteiger partial charge in [-0.25, -0.2) is 13.6 Å². The average molecular weight is 126 g/mol. The number of primary sulfonamides is 1. The molecule has 0 atom stereocenters. The maximum absolute atomic E-state index is 9.78. The van der Waals surface area contributed by atoms with E-state index in [1.165, 1.54) is 6.92 Å². The monoisotopic (exact) mass is 126 g/mol. The van der Waals surface area contributed by atoms with Gasteiger partial charge in [0.15, 0.2) is 0 Å². The van der Waals surface area contributed by atoms with Gasteiger partial charge >= 0.3 is 0 Å². The second-order valence-corrected chi connectivity index (χ2v) is 2.85. The molecule has 0 aromatic heterocycles. The molecule has 0 aliphatic heterocycles. The predicted molar refractivity (Wildman–Crippen MR) is 28.7 cm³/mol. The van der Waals surface area contributed by atoms with E-state index in [0.717, 1.165) is 0 Å². The van der Waals surface area contributed by atoms with E-state index in [1.54, 1.807) is 0 Å². The van der Waals surface area contributed by atoms with Crippen LogP contribution in [0.15, 0.2) is 0 Å². The Hall–Kier alpha value is -0.130. The van der Waals surface area contributed by atoms with Crippen molar-refractivity contribution in [3.05, 3.63) is 0 Å². The zero-order valence-corrected chi connectivity index (χ0v) is 5.03. The fourth-order valence-corrected chi connectivity index (χ4v) is 0. The molecule has 0 saturated carbocycles. The smallest absolute Gasteiger partial charge is 0.208 e. The van der Waals surface area contributed by atoms with Gasteiger partial charge in [0.05, 0.1) is 5.75 Å². The number of hydrogen-bond donors (Lipinski definition) is 2. The third-order valence-electron chi connectivity index (χ3n) is 0.402. The van der Waals surface area contributed by atoms with Crippen molar-refractivity contribution in [2.75, 3.05) is 5.75 Å².